The van der Waals surface area contributed by atoms with Crippen molar-refractivity contribution in [1.82, 2.24) is 5.32 Å². The Labute approximate surface area is 98.6 Å². The maximum atomic E-state index is 11.3. The molecule has 1 aromatic rings. The van der Waals surface area contributed by atoms with Crippen LogP contribution in [0, 0.1) is 6.92 Å². The van der Waals surface area contributed by atoms with Gasteiger partial charge in [-0.3, -0.25) is 14.9 Å². The topological polar surface area (TPSA) is 46.2 Å². The van der Waals surface area contributed by atoms with Crippen LogP contribution in [0.5, 0.6) is 0 Å². The van der Waals surface area contributed by atoms with Gasteiger partial charge in [-0.25, -0.2) is 0 Å². The highest BCUT2D eigenvalue weighted by Gasteiger charge is 2.30. The Kier molecular flexibility index (Phi) is 3.29. The number of rotatable bonds is 3. The van der Waals surface area contributed by atoms with Crippen LogP contribution in [0.3, 0.4) is 0 Å². The van der Waals surface area contributed by atoms with Crippen LogP contribution in [-0.2, 0) is 11.2 Å². The molecule has 1 N–H and O–H groups in total. The molecule has 0 spiro atoms. The zero-order chi connectivity index (χ0) is 11.5. The molecule has 84 valence electrons. The third kappa shape index (κ3) is 2.64. The van der Waals surface area contributed by atoms with Gasteiger partial charge in [0.2, 0.25) is 5.91 Å². The Morgan fingerprint density at radius 1 is 1.25 bits per heavy atom. The molecule has 1 aliphatic heterocycles. The summed E-state index contributed by atoms with van der Waals surface area (Å²) in [5.74, 6) is -0.151. The van der Waals surface area contributed by atoms with Crippen molar-refractivity contribution in [1.29, 1.82) is 0 Å². The Morgan fingerprint density at radius 2 is 1.94 bits per heavy atom. The molecule has 1 atom stereocenters. The highest BCUT2D eigenvalue weighted by molar-refractivity contribution is 8.15. The number of imide groups is 1. The molecule has 1 heterocycles. The lowest BCUT2D eigenvalue weighted by molar-refractivity contribution is -0.119. The molecule has 0 saturated carbocycles. The molecule has 1 aliphatic rings. The maximum Gasteiger partial charge on any atom is 0.286 e. The predicted molar refractivity (Wildman–Crippen MR) is 64.4 cm³/mol. The summed E-state index contributed by atoms with van der Waals surface area (Å²) in [4.78, 5) is 22.3. The van der Waals surface area contributed by atoms with E-state index < -0.39 is 0 Å². The lowest BCUT2D eigenvalue weighted by Crippen LogP contribution is -2.24. The van der Waals surface area contributed by atoms with Gasteiger partial charge in [0.1, 0.15) is 0 Å². The van der Waals surface area contributed by atoms with Crippen molar-refractivity contribution in [3.63, 3.8) is 0 Å². The molecule has 3 nitrogen and oxygen atoms in total. The van der Waals surface area contributed by atoms with Gasteiger partial charge in [0, 0.05) is 0 Å². The van der Waals surface area contributed by atoms with Crippen LogP contribution >= 0.6 is 11.8 Å². The zero-order valence-electron chi connectivity index (χ0n) is 9.03. The van der Waals surface area contributed by atoms with Crippen molar-refractivity contribution in [2.45, 2.75) is 25.0 Å². The van der Waals surface area contributed by atoms with Gasteiger partial charge in [-0.15, -0.1) is 0 Å². The van der Waals surface area contributed by atoms with Crippen molar-refractivity contribution < 1.29 is 9.59 Å². The SMILES string of the molecule is Cc1ccc(CCC2SC(=O)NC2=O)cc1. The van der Waals surface area contributed by atoms with Crippen molar-refractivity contribution in [2.24, 2.45) is 0 Å². The van der Waals surface area contributed by atoms with Gasteiger partial charge in [-0.05, 0) is 25.3 Å². The van der Waals surface area contributed by atoms with Crippen molar-refractivity contribution in [3.8, 4) is 0 Å². The van der Waals surface area contributed by atoms with Crippen LogP contribution in [0.2, 0.25) is 0 Å². The van der Waals surface area contributed by atoms with E-state index in [0.29, 0.717) is 6.42 Å². The number of hydrogen-bond donors (Lipinski definition) is 1. The average Bonchev–Trinajstić information content (AvgIpc) is 2.57. The normalized spacial score (nSPS) is 19.9. The molecule has 1 fully saturated rings. The Morgan fingerprint density at radius 3 is 2.50 bits per heavy atom. The van der Waals surface area contributed by atoms with E-state index in [1.807, 2.05) is 6.92 Å². The molecule has 0 radical (unpaired) electrons. The predicted octanol–water partition coefficient (Wildman–Crippen LogP) is 2.28. The van der Waals surface area contributed by atoms with Gasteiger partial charge in [0.25, 0.3) is 5.24 Å². The van der Waals surface area contributed by atoms with Crippen LogP contribution < -0.4 is 5.32 Å². The molecule has 0 aromatic heterocycles. The van der Waals surface area contributed by atoms with Crippen molar-refractivity contribution >= 4 is 22.9 Å². The second kappa shape index (κ2) is 4.70. The second-order valence-corrected chi connectivity index (χ2v) is 5.08. The van der Waals surface area contributed by atoms with Crippen LogP contribution in [-0.4, -0.2) is 16.4 Å². The smallest absolute Gasteiger partial charge is 0.286 e. The molecule has 2 rings (SSSR count). The Balaban J connectivity index is 1.90. The Bertz CT molecular complexity index is 414. The van der Waals surface area contributed by atoms with E-state index in [-0.39, 0.29) is 16.4 Å². The minimum Gasteiger partial charge on any atom is -0.286 e. The van der Waals surface area contributed by atoms with E-state index in [0.717, 1.165) is 18.2 Å². The summed E-state index contributed by atoms with van der Waals surface area (Å²) in [6, 6.07) is 8.24. The second-order valence-electron chi connectivity index (χ2n) is 3.91. The summed E-state index contributed by atoms with van der Waals surface area (Å²) >= 11 is 1.10. The molecule has 1 unspecified atom stereocenters. The lowest BCUT2D eigenvalue weighted by atomic mass is 10.1. The first-order chi connectivity index (χ1) is 7.65. The number of benzene rings is 1. The summed E-state index contributed by atoms with van der Waals surface area (Å²) in [7, 11) is 0. The standard InChI is InChI=1S/C12H13NO2S/c1-8-2-4-9(5-3-8)6-7-10-11(14)13-12(15)16-10/h2-5,10H,6-7H2,1H3,(H,13,14,15). The van der Waals surface area contributed by atoms with Crippen LogP contribution in [0.15, 0.2) is 24.3 Å². The zero-order valence-corrected chi connectivity index (χ0v) is 9.84. The molecule has 1 aromatic carbocycles. The quantitative estimate of drug-likeness (QED) is 0.874. The van der Waals surface area contributed by atoms with Crippen LogP contribution in [0.1, 0.15) is 17.5 Å². The minimum atomic E-state index is -0.223. The summed E-state index contributed by atoms with van der Waals surface area (Å²) in [5, 5.41) is 1.86. The third-order valence-electron chi connectivity index (χ3n) is 2.58. The number of hydrogen-bond acceptors (Lipinski definition) is 3. The highest BCUT2D eigenvalue weighted by atomic mass is 32.2. The third-order valence-corrected chi connectivity index (χ3v) is 3.63. The number of thioether (sulfide) groups is 1. The molecule has 0 bridgehead atoms. The van der Waals surface area contributed by atoms with Crippen LogP contribution in [0.25, 0.3) is 0 Å². The van der Waals surface area contributed by atoms with Gasteiger partial charge >= 0.3 is 0 Å². The van der Waals surface area contributed by atoms with Crippen LogP contribution in [0.4, 0.5) is 4.79 Å². The molecule has 0 aliphatic carbocycles. The minimum absolute atomic E-state index is 0.151. The highest BCUT2D eigenvalue weighted by Crippen LogP contribution is 2.23. The molecule has 4 heteroatoms. The molecule has 16 heavy (non-hydrogen) atoms. The number of carbonyl (C=O) groups is 2. The van der Waals surface area contributed by atoms with Gasteiger partial charge in [-0.2, -0.15) is 0 Å². The first-order valence-electron chi connectivity index (χ1n) is 5.22. The van der Waals surface area contributed by atoms with Crippen molar-refractivity contribution in [3.05, 3.63) is 35.4 Å². The fourth-order valence-electron chi connectivity index (χ4n) is 1.64. The van der Waals surface area contributed by atoms with E-state index in [2.05, 4.69) is 29.6 Å². The number of aryl methyl sites for hydroxylation is 2. The molecule has 1 saturated heterocycles. The van der Waals surface area contributed by atoms with Gasteiger partial charge in [0.05, 0.1) is 5.25 Å². The van der Waals surface area contributed by atoms with E-state index in [1.165, 1.54) is 11.1 Å². The van der Waals surface area contributed by atoms with Gasteiger partial charge < -0.3 is 0 Å². The molecular formula is C12H13NO2S. The number of amides is 2. The maximum absolute atomic E-state index is 11.3. The monoisotopic (exact) mass is 235 g/mol. The number of carbonyl (C=O) groups excluding carboxylic acids is 2. The summed E-state index contributed by atoms with van der Waals surface area (Å²) < 4.78 is 0. The van der Waals surface area contributed by atoms with E-state index in [1.54, 1.807) is 0 Å². The summed E-state index contributed by atoms with van der Waals surface area (Å²) in [6.07, 6.45) is 1.55. The molecule has 2 amide bonds. The fourth-order valence-corrected chi connectivity index (χ4v) is 2.46. The lowest BCUT2D eigenvalue weighted by Gasteiger charge is -2.05. The van der Waals surface area contributed by atoms with Gasteiger partial charge in [0.15, 0.2) is 0 Å². The first kappa shape index (κ1) is 11.2. The largest absolute Gasteiger partial charge is 0.286 e. The summed E-state index contributed by atoms with van der Waals surface area (Å²) in [5.41, 5.74) is 2.44. The fraction of sp³-hybridized carbons (Fsp3) is 0.333. The van der Waals surface area contributed by atoms with Gasteiger partial charge in [-0.1, -0.05) is 41.6 Å². The van der Waals surface area contributed by atoms with Crippen molar-refractivity contribution in [2.75, 3.05) is 0 Å². The molecular weight excluding hydrogens is 222 g/mol. The number of nitrogens with one attached hydrogen (secondary N) is 1. The van der Waals surface area contributed by atoms with E-state index in [9.17, 15) is 9.59 Å². The van der Waals surface area contributed by atoms with E-state index >= 15 is 0 Å². The average molecular weight is 235 g/mol. The first-order valence-corrected chi connectivity index (χ1v) is 6.10. The Hall–Kier alpha value is -1.29. The van der Waals surface area contributed by atoms with E-state index in [4.69, 9.17) is 0 Å². The summed E-state index contributed by atoms with van der Waals surface area (Å²) in [6.45, 7) is 2.04.